The lowest BCUT2D eigenvalue weighted by Gasteiger charge is -2.27. The van der Waals surface area contributed by atoms with Crippen molar-refractivity contribution in [1.29, 1.82) is 0 Å². The molecule has 4 rings (SSSR count). The van der Waals surface area contributed by atoms with Crippen LogP contribution in [0.3, 0.4) is 0 Å². The SMILES string of the molecule is COC[C@H](NC(=O)[C@H](COCc1ccccc1)NS(=O)(=O)c1ccc(C)cc1)C(=O)N[C@@H](CC(C)C)C(O)c1nnc(-c2ccccc2)o1. The molecule has 1 unspecified atom stereocenters. The van der Waals surface area contributed by atoms with Gasteiger partial charge in [-0.05, 0) is 49.1 Å². The van der Waals surface area contributed by atoms with Gasteiger partial charge in [-0.2, -0.15) is 4.72 Å². The van der Waals surface area contributed by atoms with E-state index in [9.17, 15) is 23.1 Å². The van der Waals surface area contributed by atoms with Crippen molar-refractivity contribution in [2.24, 2.45) is 5.92 Å². The van der Waals surface area contributed by atoms with Gasteiger partial charge in [0.05, 0.1) is 30.8 Å². The van der Waals surface area contributed by atoms with Gasteiger partial charge in [0.15, 0.2) is 6.10 Å². The molecule has 13 nitrogen and oxygen atoms in total. The van der Waals surface area contributed by atoms with Crippen molar-refractivity contribution in [3.8, 4) is 11.5 Å². The summed E-state index contributed by atoms with van der Waals surface area (Å²) in [6, 6.07) is 20.9. The van der Waals surface area contributed by atoms with Crippen LogP contribution in [-0.2, 0) is 35.7 Å². The Hall–Kier alpha value is -4.47. The third kappa shape index (κ3) is 11.0. The molecular formula is C35H43N5O8S. The number of rotatable bonds is 18. The van der Waals surface area contributed by atoms with Crippen LogP contribution in [0.15, 0.2) is 94.2 Å². The van der Waals surface area contributed by atoms with Gasteiger partial charge in [0.1, 0.15) is 12.1 Å². The molecule has 0 saturated carbocycles. The molecule has 1 aromatic heterocycles. The number of hydrogen-bond acceptors (Lipinski definition) is 10. The number of sulfonamides is 1. The normalized spacial score (nSPS) is 14.2. The third-order valence-electron chi connectivity index (χ3n) is 7.46. The van der Waals surface area contributed by atoms with Crippen molar-refractivity contribution in [2.75, 3.05) is 20.3 Å². The number of aliphatic hydroxyl groups excluding tert-OH is 1. The van der Waals surface area contributed by atoms with Crippen LogP contribution in [-0.4, -0.2) is 74.0 Å². The van der Waals surface area contributed by atoms with E-state index in [2.05, 4.69) is 25.6 Å². The standard InChI is InChI=1S/C35H43N5O8S/c1-23(2)19-28(31(41)35-39-38-34(48-35)26-13-9-6-10-14-26)36-32(42)29(21-46-4)37-33(43)30(22-47-20-25-11-7-5-8-12-25)40-49(44,45)27-17-15-24(3)16-18-27/h5-18,23,28-31,40-41H,19-22H2,1-4H3,(H,36,42)(H,37,43)/t28-,29-,30-,31?/m0/s1. The summed E-state index contributed by atoms with van der Waals surface area (Å²) in [6.45, 7) is 5.21. The summed E-state index contributed by atoms with van der Waals surface area (Å²) in [4.78, 5) is 27.3. The topological polar surface area (TPSA) is 182 Å². The van der Waals surface area contributed by atoms with Gasteiger partial charge in [0.2, 0.25) is 33.6 Å². The van der Waals surface area contributed by atoms with Gasteiger partial charge in [0.25, 0.3) is 0 Å². The van der Waals surface area contributed by atoms with Gasteiger partial charge in [0, 0.05) is 12.7 Å². The predicted octanol–water partition coefficient (Wildman–Crippen LogP) is 3.30. The van der Waals surface area contributed by atoms with Gasteiger partial charge in [-0.1, -0.05) is 80.1 Å². The molecule has 262 valence electrons. The van der Waals surface area contributed by atoms with Crippen LogP contribution in [0.5, 0.6) is 0 Å². The number of aromatic nitrogens is 2. The minimum absolute atomic E-state index is 0.0351. The summed E-state index contributed by atoms with van der Waals surface area (Å²) < 4.78 is 45.7. The first-order valence-corrected chi connectivity index (χ1v) is 17.3. The van der Waals surface area contributed by atoms with Crippen molar-refractivity contribution in [3.63, 3.8) is 0 Å². The lowest BCUT2D eigenvalue weighted by molar-refractivity contribution is -0.132. The lowest BCUT2D eigenvalue weighted by Crippen LogP contribution is -2.57. The summed E-state index contributed by atoms with van der Waals surface area (Å²) in [5, 5.41) is 24.7. The molecular weight excluding hydrogens is 650 g/mol. The second-order valence-electron chi connectivity index (χ2n) is 12.0. The molecule has 0 saturated heterocycles. The summed E-state index contributed by atoms with van der Waals surface area (Å²) >= 11 is 0. The number of amides is 2. The number of aryl methyl sites for hydroxylation is 1. The highest BCUT2D eigenvalue weighted by atomic mass is 32.2. The molecule has 4 aromatic rings. The van der Waals surface area contributed by atoms with Crippen molar-refractivity contribution in [2.45, 2.75) is 62.9 Å². The van der Waals surface area contributed by atoms with E-state index in [1.165, 1.54) is 19.2 Å². The average molecular weight is 694 g/mol. The van der Waals surface area contributed by atoms with E-state index in [-0.39, 0.29) is 42.4 Å². The molecule has 0 spiro atoms. The lowest BCUT2D eigenvalue weighted by atomic mass is 9.98. The monoisotopic (exact) mass is 693 g/mol. The fraction of sp³-hybridized carbons (Fsp3) is 0.371. The molecule has 0 bridgehead atoms. The van der Waals surface area contributed by atoms with E-state index in [0.717, 1.165) is 11.1 Å². The molecule has 14 heteroatoms. The second kappa shape index (κ2) is 17.8. The smallest absolute Gasteiger partial charge is 0.247 e. The van der Waals surface area contributed by atoms with Gasteiger partial charge < -0.3 is 29.6 Å². The molecule has 3 aromatic carbocycles. The highest BCUT2D eigenvalue weighted by Crippen LogP contribution is 2.25. The summed E-state index contributed by atoms with van der Waals surface area (Å²) in [5.41, 5.74) is 2.36. The molecule has 4 atom stereocenters. The first-order valence-electron chi connectivity index (χ1n) is 15.8. The highest BCUT2D eigenvalue weighted by molar-refractivity contribution is 7.89. The number of ether oxygens (including phenoxy) is 2. The maximum Gasteiger partial charge on any atom is 0.247 e. The third-order valence-corrected chi connectivity index (χ3v) is 8.94. The van der Waals surface area contributed by atoms with E-state index in [1.807, 2.05) is 69.3 Å². The molecule has 0 aliphatic carbocycles. The van der Waals surface area contributed by atoms with Crippen molar-refractivity contribution in [3.05, 3.63) is 102 Å². The summed E-state index contributed by atoms with van der Waals surface area (Å²) in [6.07, 6.45) is -1.04. The van der Waals surface area contributed by atoms with Crippen LogP contribution in [0.4, 0.5) is 0 Å². The van der Waals surface area contributed by atoms with E-state index >= 15 is 0 Å². The van der Waals surface area contributed by atoms with Gasteiger partial charge >= 0.3 is 0 Å². The maximum absolute atomic E-state index is 13.7. The molecule has 0 aliphatic heterocycles. The zero-order chi connectivity index (χ0) is 35.4. The number of nitrogens with zero attached hydrogens (tertiary/aromatic N) is 2. The molecule has 2 amide bonds. The number of benzene rings is 3. The Morgan fingerprint density at radius 2 is 1.49 bits per heavy atom. The number of methoxy groups -OCH3 is 1. The number of carbonyl (C=O) groups is 2. The van der Waals surface area contributed by atoms with Crippen LogP contribution in [0, 0.1) is 12.8 Å². The van der Waals surface area contributed by atoms with E-state index < -0.39 is 46.1 Å². The number of hydrogen-bond donors (Lipinski definition) is 4. The summed E-state index contributed by atoms with van der Waals surface area (Å²) in [7, 11) is -2.80. The number of carbonyl (C=O) groups excluding carboxylic acids is 2. The average Bonchev–Trinajstić information content (AvgIpc) is 3.58. The van der Waals surface area contributed by atoms with Gasteiger partial charge in [-0.15, -0.1) is 10.2 Å². The van der Waals surface area contributed by atoms with Crippen molar-refractivity contribution < 1.29 is 37.0 Å². The quantitative estimate of drug-likeness (QED) is 0.121. The van der Waals surface area contributed by atoms with Crippen molar-refractivity contribution in [1.82, 2.24) is 25.6 Å². The Bertz CT molecular complexity index is 1730. The van der Waals surface area contributed by atoms with Crippen LogP contribution in [0.2, 0.25) is 0 Å². The molecule has 0 fully saturated rings. The minimum atomic E-state index is -4.16. The van der Waals surface area contributed by atoms with Crippen molar-refractivity contribution >= 4 is 21.8 Å². The number of aliphatic hydroxyl groups is 1. The molecule has 0 radical (unpaired) electrons. The molecule has 1 heterocycles. The Labute approximate surface area is 286 Å². The fourth-order valence-electron chi connectivity index (χ4n) is 4.91. The minimum Gasteiger partial charge on any atom is -0.418 e. The van der Waals surface area contributed by atoms with Crippen LogP contribution < -0.4 is 15.4 Å². The molecule has 49 heavy (non-hydrogen) atoms. The Morgan fingerprint density at radius 1 is 0.857 bits per heavy atom. The largest absolute Gasteiger partial charge is 0.418 e. The Kier molecular flexibility index (Phi) is 13.6. The predicted molar refractivity (Wildman–Crippen MR) is 181 cm³/mol. The van der Waals surface area contributed by atoms with E-state index in [0.29, 0.717) is 12.0 Å². The van der Waals surface area contributed by atoms with E-state index in [1.54, 1.807) is 24.3 Å². The highest BCUT2D eigenvalue weighted by Gasteiger charge is 2.33. The van der Waals surface area contributed by atoms with E-state index in [4.69, 9.17) is 13.9 Å². The fourth-order valence-corrected chi connectivity index (χ4v) is 6.09. The Balaban J connectivity index is 1.50. The second-order valence-corrected chi connectivity index (χ2v) is 13.7. The zero-order valence-electron chi connectivity index (χ0n) is 27.9. The van der Waals surface area contributed by atoms with Crippen LogP contribution in [0.25, 0.3) is 11.5 Å². The molecule has 0 aliphatic rings. The van der Waals surface area contributed by atoms with Crippen LogP contribution >= 0.6 is 0 Å². The number of nitrogens with one attached hydrogen (secondary N) is 3. The first kappa shape index (κ1) is 37.4. The van der Waals surface area contributed by atoms with Gasteiger partial charge in [-0.3, -0.25) is 9.59 Å². The first-order chi connectivity index (χ1) is 23.5. The summed E-state index contributed by atoms with van der Waals surface area (Å²) in [5.74, 6) is -1.32. The Morgan fingerprint density at radius 3 is 2.12 bits per heavy atom. The van der Waals surface area contributed by atoms with Crippen LogP contribution in [0.1, 0.15) is 43.4 Å². The molecule has 4 N–H and O–H groups in total. The zero-order valence-corrected chi connectivity index (χ0v) is 28.7. The maximum atomic E-state index is 13.7. The van der Waals surface area contributed by atoms with Gasteiger partial charge in [-0.25, -0.2) is 8.42 Å².